The van der Waals surface area contributed by atoms with Gasteiger partial charge in [0.25, 0.3) is 0 Å². The first-order valence-electron chi connectivity index (χ1n) is 8.56. The van der Waals surface area contributed by atoms with Crippen molar-refractivity contribution < 1.29 is 4.79 Å². The molecule has 2 heterocycles. The number of hydrogen-bond acceptors (Lipinski definition) is 3. The van der Waals surface area contributed by atoms with Gasteiger partial charge in [-0.15, -0.1) is 0 Å². The summed E-state index contributed by atoms with van der Waals surface area (Å²) in [4.78, 5) is 17.0. The van der Waals surface area contributed by atoms with Crippen molar-refractivity contribution in [3.63, 3.8) is 0 Å². The Bertz CT molecular complexity index is 695. The number of carbonyl (C=O) groups excluding carboxylic acids is 1. The number of benzene rings is 1. The van der Waals surface area contributed by atoms with Crippen LogP contribution in [-0.2, 0) is 18.3 Å². The predicted octanol–water partition coefficient (Wildman–Crippen LogP) is 2.18. The van der Waals surface area contributed by atoms with Crippen LogP contribution in [0.5, 0.6) is 0 Å². The third kappa shape index (κ3) is 3.51. The fourth-order valence-electron chi connectivity index (χ4n) is 3.32. The van der Waals surface area contributed by atoms with Crippen LogP contribution in [0.25, 0.3) is 0 Å². The first-order valence-corrected chi connectivity index (χ1v) is 8.56. The van der Waals surface area contributed by atoms with E-state index in [1.54, 1.807) is 0 Å². The van der Waals surface area contributed by atoms with Crippen molar-refractivity contribution in [2.45, 2.75) is 25.8 Å². The third-order valence-electron chi connectivity index (χ3n) is 5.13. The summed E-state index contributed by atoms with van der Waals surface area (Å²) in [7, 11) is 4.07. The highest BCUT2D eigenvalue weighted by Crippen LogP contribution is 2.24. The van der Waals surface area contributed by atoms with Crippen LogP contribution in [0, 0.1) is 6.92 Å². The van der Waals surface area contributed by atoms with Gasteiger partial charge >= 0.3 is 0 Å². The van der Waals surface area contributed by atoms with Gasteiger partial charge in [0.1, 0.15) is 0 Å². The Hall–Kier alpha value is -2.14. The molecule has 0 N–H and O–H groups in total. The third-order valence-corrected chi connectivity index (χ3v) is 5.13. The Morgan fingerprint density at radius 1 is 1.21 bits per heavy atom. The second-order valence-electron chi connectivity index (χ2n) is 6.63. The van der Waals surface area contributed by atoms with Crippen molar-refractivity contribution in [1.29, 1.82) is 0 Å². The maximum absolute atomic E-state index is 12.7. The Kier molecular flexibility index (Phi) is 5.00. The van der Waals surface area contributed by atoms with Crippen molar-refractivity contribution in [1.82, 2.24) is 19.6 Å². The second kappa shape index (κ2) is 7.18. The number of carbonyl (C=O) groups is 1. The molecule has 1 aliphatic heterocycles. The van der Waals surface area contributed by atoms with Crippen LogP contribution in [0.2, 0.25) is 0 Å². The molecule has 1 aliphatic rings. The highest BCUT2D eigenvalue weighted by molar-refractivity contribution is 5.76. The molecule has 5 heteroatoms. The zero-order valence-corrected chi connectivity index (χ0v) is 14.8. The number of hydrogen-bond donors (Lipinski definition) is 0. The number of rotatable bonds is 4. The molecule has 1 unspecified atom stereocenters. The minimum absolute atomic E-state index is 0.243. The molecule has 24 heavy (non-hydrogen) atoms. The molecule has 3 rings (SSSR count). The van der Waals surface area contributed by atoms with Gasteiger partial charge in [-0.05, 0) is 31.5 Å². The fraction of sp³-hybridized carbons (Fsp3) is 0.474. The number of aromatic nitrogens is 2. The monoisotopic (exact) mass is 326 g/mol. The first kappa shape index (κ1) is 16.7. The van der Waals surface area contributed by atoms with E-state index >= 15 is 0 Å². The van der Waals surface area contributed by atoms with Gasteiger partial charge in [0.2, 0.25) is 5.91 Å². The summed E-state index contributed by atoms with van der Waals surface area (Å²) < 4.78 is 1.86. The molecule has 1 saturated heterocycles. The van der Waals surface area contributed by atoms with Crippen molar-refractivity contribution >= 4 is 5.91 Å². The Morgan fingerprint density at radius 2 is 1.96 bits per heavy atom. The van der Waals surface area contributed by atoms with E-state index in [4.69, 9.17) is 0 Å². The van der Waals surface area contributed by atoms with Gasteiger partial charge in [-0.1, -0.05) is 30.3 Å². The first-order chi connectivity index (χ1) is 11.6. The topological polar surface area (TPSA) is 41.4 Å². The zero-order valence-electron chi connectivity index (χ0n) is 14.8. The predicted molar refractivity (Wildman–Crippen MR) is 94.7 cm³/mol. The molecule has 0 spiro atoms. The van der Waals surface area contributed by atoms with E-state index in [2.05, 4.69) is 41.3 Å². The smallest absolute Gasteiger partial charge is 0.223 e. The lowest BCUT2D eigenvalue weighted by Gasteiger charge is -2.39. The van der Waals surface area contributed by atoms with E-state index in [0.29, 0.717) is 6.42 Å². The van der Waals surface area contributed by atoms with Gasteiger partial charge < -0.3 is 4.90 Å². The number of nitrogens with zero attached hydrogens (tertiary/aromatic N) is 4. The standard InChI is InChI=1S/C19H26N4O/c1-15-17(13-20-22(15)3)9-10-19(24)23-12-11-21(2)18(14-23)16-7-5-4-6-8-16/h4-8,13,18H,9-12,14H2,1-3H3. The van der Waals surface area contributed by atoms with Crippen molar-refractivity contribution in [2.75, 3.05) is 26.7 Å². The molecule has 1 atom stereocenters. The summed E-state index contributed by atoms with van der Waals surface area (Å²) in [5.41, 5.74) is 3.59. The average molecular weight is 326 g/mol. The molecular weight excluding hydrogens is 300 g/mol. The van der Waals surface area contributed by atoms with E-state index in [1.807, 2.05) is 35.8 Å². The van der Waals surface area contributed by atoms with Gasteiger partial charge in [0.05, 0.1) is 12.2 Å². The number of likely N-dealkylation sites (N-methyl/N-ethyl adjacent to an activating group) is 1. The van der Waals surface area contributed by atoms with Gasteiger partial charge in [0, 0.05) is 38.8 Å². The normalized spacial score (nSPS) is 18.8. The van der Waals surface area contributed by atoms with E-state index < -0.39 is 0 Å². The number of amides is 1. The SMILES string of the molecule is Cc1c(CCC(=O)N2CCN(C)C(c3ccccc3)C2)cnn1C. The molecule has 2 aromatic rings. The van der Waals surface area contributed by atoms with E-state index in [9.17, 15) is 4.79 Å². The maximum Gasteiger partial charge on any atom is 0.223 e. The molecule has 128 valence electrons. The van der Waals surface area contributed by atoms with Gasteiger partial charge in [-0.2, -0.15) is 5.10 Å². The van der Waals surface area contributed by atoms with Crippen LogP contribution < -0.4 is 0 Å². The quantitative estimate of drug-likeness (QED) is 0.865. The summed E-state index contributed by atoms with van der Waals surface area (Å²) in [5, 5.41) is 4.25. The lowest BCUT2D eigenvalue weighted by atomic mass is 10.0. The van der Waals surface area contributed by atoms with Crippen LogP contribution in [0.1, 0.15) is 29.3 Å². The maximum atomic E-state index is 12.7. The summed E-state index contributed by atoms with van der Waals surface area (Å²) in [6, 6.07) is 10.7. The van der Waals surface area contributed by atoms with Crippen LogP contribution in [0.4, 0.5) is 0 Å². The number of aryl methyl sites for hydroxylation is 2. The average Bonchev–Trinajstić information content (AvgIpc) is 2.92. The van der Waals surface area contributed by atoms with Crippen molar-refractivity contribution in [3.05, 3.63) is 53.3 Å². The Morgan fingerprint density at radius 3 is 2.62 bits per heavy atom. The minimum Gasteiger partial charge on any atom is -0.339 e. The van der Waals surface area contributed by atoms with Crippen LogP contribution in [0.15, 0.2) is 36.5 Å². The Balaban J connectivity index is 1.62. The molecule has 1 fully saturated rings. The summed E-state index contributed by atoms with van der Waals surface area (Å²) in [6.07, 6.45) is 3.19. The molecule has 0 bridgehead atoms. The number of piperazine rings is 1. The van der Waals surface area contributed by atoms with E-state index in [1.165, 1.54) is 11.1 Å². The molecule has 1 aromatic heterocycles. The van der Waals surface area contributed by atoms with E-state index in [-0.39, 0.29) is 11.9 Å². The molecule has 1 amide bonds. The zero-order chi connectivity index (χ0) is 17.1. The van der Waals surface area contributed by atoms with Gasteiger partial charge in [-0.25, -0.2) is 0 Å². The molecule has 0 radical (unpaired) electrons. The van der Waals surface area contributed by atoms with Gasteiger partial charge in [0.15, 0.2) is 0 Å². The second-order valence-corrected chi connectivity index (χ2v) is 6.63. The minimum atomic E-state index is 0.243. The van der Waals surface area contributed by atoms with Crippen LogP contribution in [0.3, 0.4) is 0 Å². The summed E-state index contributed by atoms with van der Waals surface area (Å²) >= 11 is 0. The molecule has 0 saturated carbocycles. The highest BCUT2D eigenvalue weighted by atomic mass is 16.2. The molecule has 0 aliphatic carbocycles. The lowest BCUT2D eigenvalue weighted by molar-refractivity contribution is -0.134. The van der Waals surface area contributed by atoms with Gasteiger partial charge in [-0.3, -0.25) is 14.4 Å². The van der Waals surface area contributed by atoms with Crippen molar-refractivity contribution in [3.8, 4) is 0 Å². The Labute approximate surface area is 143 Å². The largest absolute Gasteiger partial charge is 0.339 e. The molecule has 1 aromatic carbocycles. The molecule has 5 nitrogen and oxygen atoms in total. The van der Waals surface area contributed by atoms with Crippen LogP contribution >= 0.6 is 0 Å². The molecular formula is C19H26N4O. The van der Waals surface area contributed by atoms with Crippen molar-refractivity contribution in [2.24, 2.45) is 7.05 Å². The summed E-state index contributed by atoms with van der Waals surface area (Å²) in [6.45, 7) is 4.54. The van der Waals surface area contributed by atoms with E-state index in [0.717, 1.165) is 31.7 Å². The fourth-order valence-corrected chi connectivity index (χ4v) is 3.32. The highest BCUT2D eigenvalue weighted by Gasteiger charge is 2.28. The lowest BCUT2D eigenvalue weighted by Crippen LogP contribution is -2.49. The summed E-state index contributed by atoms with van der Waals surface area (Å²) in [5.74, 6) is 0.243. The van der Waals surface area contributed by atoms with Crippen LogP contribution in [-0.4, -0.2) is 52.2 Å².